The smallest absolute Gasteiger partial charge is 0.306 e. The van der Waals surface area contributed by atoms with E-state index in [1.54, 1.807) is 0 Å². The van der Waals surface area contributed by atoms with Gasteiger partial charge in [-0.1, -0.05) is 358 Å². The molecule has 0 saturated carbocycles. The van der Waals surface area contributed by atoms with E-state index in [2.05, 4.69) is 81.5 Å². The van der Waals surface area contributed by atoms with Crippen LogP contribution in [0, 0.1) is 0 Å². The van der Waals surface area contributed by atoms with Crippen LogP contribution in [-0.2, 0) is 28.6 Å². The van der Waals surface area contributed by atoms with E-state index < -0.39 is 6.10 Å². The van der Waals surface area contributed by atoms with Crippen molar-refractivity contribution in [3.8, 4) is 0 Å². The minimum absolute atomic E-state index is 0.0721. The molecule has 0 fully saturated rings. The third-order valence-corrected chi connectivity index (χ3v) is 16.0. The highest BCUT2D eigenvalue weighted by Crippen LogP contribution is 2.19. The zero-order valence-corrected chi connectivity index (χ0v) is 54.3. The van der Waals surface area contributed by atoms with E-state index in [1.807, 2.05) is 0 Å². The zero-order chi connectivity index (χ0) is 58.5. The van der Waals surface area contributed by atoms with Gasteiger partial charge in [-0.05, 0) is 64.2 Å². The molecule has 0 spiro atoms. The maximum Gasteiger partial charge on any atom is 0.306 e. The van der Waals surface area contributed by atoms with Crippen LogP contribution in [0.25, 0.3) is 0 Å². The summed E-state index contributed by atoms with van der Waals surface area (Å²) in [6.45, 7) is 6.60. The molecule has 81 heavy (non-hydrogen) atoms. The number of allylic oxidation sites excluding steroid dienone is 10. The van der Waals surface area contributed by atoms with E-state index in [0.29, 0.717) is 19.3 Å². The number of rotatable bonds is 66. The Hall–Kier alpha value is -2.89. The third-order valence-electron chi connectivity index (χ3n) is 16.0. The van der Waals surface area contributed by atoms with Gasteiger partial charge >= 0.3 is 17.9 Å². The Morgan fingerprint density at radius 2 is 0.481 bits per heavy atom. The highest BCUT2D eigenvalue weighted by atomic mass is 16.6. The molecule has 1 unspecified atom stereocenters. The summed E-state index contributed by atoms with van der Waals surface area (Å²) in [7, 11) is 0. The summed E-state index contributed by atoms with van der Waals surface area (Å²) in [4.78, 5) is 38.5. The minimum atomic E-state index is -0.778. The molecule has 0 aliphatic carbocycles. The molecule has 0 radical (unpaired) electrons. The van der Waals surface area contributed by atoms with Gasteiger partial charge in [0, 0.05) is 19.3 Å². The minimum Gasteiger partial charge on any atom is -0.462 e. The largest absolute Gasteiger partial charge is 0.462 e. The van der Waals surface area contributed by atoms with Gasteiger partial charge in [0.1, 0.15) is 13.2 Å². The van der Waals surface area contributed by atoms with Crippen LogP contribution in [0.2, 0.25) is 0 Å². The molecule has 0 aliphatic rings. The Bertz CT molecular complexity index is 1440. The molecule has 6 nitrogen and oxygen atoms in total. The molecule has 0 bridgehead atoms. The van der Waals surface area contributed by atoms with Crippen LogP contribution in [0.15, 0.2) is 60.8 Å². The molecule has 0 amide bonds. The van der Waals surface area contributed by atoms with Gasteiger partial charge in [0.05, 0.1) is 0 Å². The molecule has 1 atom stereocenters. The molecule has 0 heterocycles. The van der Waals surface area contributed by atoms with Crippen LogP contribution < -0.4 is 0 Å². The summed E-state index contributed by atoms with van der Waals surface area (Å²) < 4.78 is 17.0. The number of hydrogen-bond acceptors (Lipinski definition) is 6. The predicted molar refractivity (Wildman–Crippen MR) is 353 cm³/mol. The Kier molecular flexibility index (Phi) is 67.1. The van der Waals surface area contributed by atoms with E-state index in [1.165, 1.54) is 244 Å². The van der Waals surface area contributed by atoms with E-state index in [9.17, 15) is 14.4 Å². The molecule has 0 aliphatic heterocycles. The van der Waals surface area contributed by atoms with Crippen molar-refractivity contribution in [1.29, 1.82) is 0 Å². The summed E-state index contributed by atoms with van der Waals surface area (Å²) in [6.07, 6.45) is 89.6. The van der Waals surface area contributed by atoms with Gasteiger partial charge in [-0.2, -0.15) is 0 Å². The Morgan fingerprint density at radius 1 is 0.259 bits per heavy atom. The number of hydrogen-bond donors (Lipinski definition) is 0. The number of ether oxygens (including phenoxy) is 3. The zero-order valence-electron chi connectivity index (χ0n) is 54.3. The monoisotopic (exact) mass is 1130 g/mol. The van der Waals surface area contributed by atoms with Crippen molar-refractivity contribution in [2.75, 3.05) is 13.2 Å². The maximum absolute atomic E-state index is 13.0. The average Bonchev–Trinajstić information content (AvgIpc) is 3.47. The van der Waals surface area contributed by atoms with Crippen LogP contribution in [0.3, 0.4) is 0 Å². The van der Waals surface area contributed by atoms with Gasteiger partial charge in [-0.3, -0.25) is 14.4 Å². The number of esters is 3. The van der Waals surface area contributed by atoms with Crippen LogP contribution in [0.1, 0.15) is 380 Å². The molecule has 0 N–H and O–H groups in total. The second kappa shape index (κ2) is 69.6. The second-order valence-corrected chi connectivity index (χ2v) is 24.1. The first-order chi connectivity index (χ1) is 40.0. The molecule has 0 aromatic rings. The van der Waals surface area contributed by atoms with E-state index in [-0.39, 0.29) is 31.1 Å². The van der Waals surface area contributed by atoms with E-state index in [4.69, 9.17) is 14.2 Å². The highest BCUT2D eigenvalue weighted by molar-refractivity contribution is 5.71. The van der Waals surface area contributed by atoms with Crippen molar-refractivity contribution in [2.24, 2.45) is 0 Å². The molecule has 0 rings (SSSR count). The third kappa shape index (κ3) is 67.8. The summed E-state index contributed by atoms with van der Waals surface area (Å²) in [5.74, 6) is -0.855. The summed E-state index contributed by atoms with van der Waals surface area (Å²) in [5.41, 5.74) is 0. The van der Waals surface area contributed by atoms with Crippen LogP contribution >= 0.6 is 0 Å². The van der Waals surface area contributed by atoms with Crippen LogP contribution in [0.5, 0.6) is 0 Å². The predicted octanol–water partition coefficient (Wildman–Crippen LogP) is 24.7. The molecule has 472 valence electrons. The average molecular weight is 1130 g/mol. The Labute approximate surface area is 504 Å². The number of carbonyl (C=O) groups is 3. The van der Waals surface area contributed by atoms with Crippen molar-refractivity contribution in [3.05, 3.63) is 60.8 Å². The summed E-state index contributed by atoms with van der Waals surface area (Å²) in [5, 5.41) is 0. The number of unbranched alkanes of at least 4 members (excludes halogenated alkanes) is 45. The van der Waals surface area contributed by atoms with Crippen LogP contribution in [-0.4, -0.2) is 37.2 Å². The van der Waals surface area contributed by atoms with Crippen molar-refractivity contribution >= 4 is 17.9 Å². The van der Waals surface area contributed by atoms with Crippen molar-refractivity contribution in [2.45, 2.75) is 386 Å². The van der Waals surface area contributed by atoms with Crippen LogP contribution in [0.4, 0.5) is 0 Å². The molecular formula is C75H136O6. The molecule has 0 saturated heterocycles. The first-order valence-corrected chi connectivity index (χ1v) is 35.8. The van der Waals surface area contributed by atoms with Gasteiger partial charge in [-0.15, -0.1) is 0 Å². The number of carbonyl (C=O) groups excluding carboxylic acids is 3. The Balaban J connectivity index is 4.34. The first-order valence-electron chi connectivity index (χ1n) is 35.8. The lowest BCUT2D eigenvalue weighted by Gasteiger charge is -2.18. The van der Waals surface area contributed by atoms with Gasteiger partial charge in [0.25, 0.3) is 0 Å². The maximum atomic E-state index is 13.0. The van der Waals surface area contributed by atoms with Crippen molar-refractivity contribution < 1.29 is 28.6 Å². The standard InChI is InChI=1S/C75H136O6/c1-4-7-10-13-16-19-22-25-28-31-34-36-38-40-41-44-47-50-53-56-59-62-65-68-74(77)80-71-72(70-79-73(76)67-64-61-58-55-52-49-46-43-33-30-27-24-21-18-15-12-9-6-3)81-75(78)69-66-63-60-57-54-51-48-45-42-39-37-35-32-29-26-23-20-17-14-11-8-5-2/h7,10,16,19,25,28,34,36,40-41,72H,4-6,8-9,11-15,17-18,20-24,26-27,29-33,35,37-39,42-71H2,1-3H3/b10-7-,19-16-,28-25-,36-34-,41-40-. The van der Waals surface area contributed by atoms with Gasteiger partial charge in [0.2, 0.25) is 0 Å². The normalized spacial score (nSPS) is 12.4. The van der Waals surface area contributed by atoms with E-state index >= 15 is 0 Å². The quantitative estimate of drug-likeness (QED) is 0.0261. The SMILES string of the molecule is CC/C=C\C/C=C\C/C=C\C/C=C\C/C=C\CCCCCCCCCC(=O)OCC(COC(=O)CCCCCCCCCCCCCCCCCCCC)OC(=O)CCCCCCCCCCCCCCCCCCCCCCCC. The summed E-state index contributed by atoms with van der Waals surface area (Å²) in [6, 6.07) is 0. The molecule has 6 heteroatoms. The molecule has 0 aromatic carbocycles. The lowest BCUT2D eigenvalue weighted by Crippen LogP contribution is -2.30. The highest BCUT2D eigenvalue weighted by Gasteiger charge is 2.19. The van der Waals surface area contributed by atoms with Gasteiger partial charge < -0.3 is 14.2 Å². The second-order valence-electron chi connectivity index (χ2n) is 24.1. The van der Waals surface area contributed by atoms with Crippen molar-refractivity contribution in [1.82, 2.24) is 0 Å². The topological polar surface area (TPSA) is 78.9 Å². The van der Waals surface area contributed by atoms with Gasteiger partial charge in [0.15, 0.2) is 6.10 Å². The van der Waals surface area contributed by atoms with Gasteiger partial charge in [-0.25, -0.2) is 0 Å². The first kappa shape index (κ1) is 78.1. The lowest BCUT2D eigenvalue weighted by atomic mass is 10.0. The summed E-state index contributed by atoms with van der Waals surface area (Å²) >= 11 is 0. The fourth-order valence-corrected chi connectivity index (χ4v) is 10.7. The van der Waals surface area contributed by atoms with Crippen molar-refractivity contribution in [3.63, 3.8) is 0 Å². The molecular weight excluding hydrogens is 997 g/mol. The molecule has 0 aromatic heterocycles. The fraction of sp³-hybridized carbons (Fsp3) is 0.827. The lowest BCUT2D eigenvalue weighted by molar-refractivity contribution is -0.167. The Morgan fingerprint density at radius 3 is 0.753 bits per heavy atom. The van der Waals surface area contributed by atoms with E-state index in [0.717, 1.165) is 96.3 Å². The fourth-order valence-electron chi connectivity index (χ4n) is 10.7.